The van der Waals surface area contributed by atoms with Crippen molar-refractivity contribution in [3.05, 3.63) is 40.9 Å². The monoisotopic (exact) mass is 459 g/mol. The second kappa shape index (κ2) is 11.3. The van der Waals surface area contributed by atoms with Crippen molar-refractivity contribution in [1.82, 2.24) is 20.9 Å². The summed E-state index contributed by atoms with van der Waals surface area (Å²) in [5, 5.41) is 14.4. The van der Waals surface area contributed by atoms with Gasteiger partial charge in [0.15, 0.2) is 5.13 Å². The van der Waals surface area contributed by atoms with E-state index < -0.39 is 0 Å². The number of anilines is 1. The second-order valence-electron chi connectivity index (χ2n) is 8.47. The van der Waals surface area contributed by atoms with E-state index in [9.17, 15) is 9.59 Å². The van der Waals surface area contributed by atoms with Crippen LogP contribution in [0.3, 0.4) is 0 Å². The highest BCUT2D eigenvalue weighted by Crippen LogP contribution is 2.34. The Kier molecular flexibility index (Phi) is 8.46. The van der Waals surface area contributed by atoms with Crippen LogP contribution in [-0.2, 0) is 10.2 Å². The highest BCUT2D eigenvalue weighted by atomic mass is 32.1. The molecule has 0 saturated carbocycles. The number of hydrogen-bond donors (Lipinski definition) is 4. The van der Waals surface area contributed by atoms with Gasteiger partial charge in [0.05, 0.1) is 12.8 Å². The molecule has 2 heterocycles. The van der Waals surface area contributed by atoms with Gasteiger partial charge < -0.3 is 20.7 Å². The van der Waals surface area contributed by atoms with E-state index >= 15 is 0 Å². The number of piperidine rings is 1. The van der Waals surface area contributed by atoms with Crippen molar-refractivity contribution in [2.45, 2.75) is 51.0 Å². The van der Waals surface area contributed by atoms with Crippen LogP contribution in [0, 0.1) is 0 Å². The predicted octanol–water partition coefficient (Wildman–Crippen LogP) is 3.25. The third kappa shape index (κ3) is 6.67. The Labute approximate surface area is 193 Å². The van der Waals surface area contributed by atoms with Gasteiger partial charge in [0.25, 0.3) is 0 Å². The number of aromatic nitrogens is 1. The molecule has 1 fully saturated rings. The van der Waals surface area contributed by atoms with E-state index in [2.05, 4.69) is 40.1 Å². The number of amides is 3. The number of ether oxygens (including phenoxy) is 1. The summed E-state index contributed by atoms with van der Waals surface area (Å²) in [7, 11) is 1.65. The maximum absolute atomic E-state index is 12.2. The highest BCUT2D eigenvalue weighted by Gasteiger charge is 2.26. The Morgan fingerprint density at radius 1 is 1.22 bits per heavy atom. The lowest BCUT2D eigenvalue weighted by molar-refractivity contribution is -0.122. The first-order valence-electron chi connectivity index (χ1n) is 11.0. The topological polar surface area (TPSA) is 104 Å². The van der Waals surface area contributed by atoms with Crippen molar-refractivity contribution in [2.24, 2.45) is 0 Å². The first kappa shape index (κ1) is 24.0. The Hall–Kier alpha value is -2.65. The minimum Gasteiger partial charge on any atom is -0.497 e. The first-order chi connectivity index (χ1) is 15.4. The summed E-state index contributed by atoms with van der Waals surface area (Å²) < 4.78 is 5.23. The zero-order chi connectivity index (χ0) is 23.0. The van der Waals surface area contributed by atoms with Crippen molar-refractivity contribution in [1.29, 1.82) is 0 Å². The zero-order valence-electron chi connectivity index (χ0n) is 19.0. The average molecular weight is 460 g/mol. The summed E-state index contributed by atoms with van der Waals surface area (Å²) in [6.45, 7) is 6.52. The lowest BCUT2D eigenvalue weighted by Crippen LogP contribution is -2.42. The standard InChI is InChI=1S/C23H33N5O3S/c1-23(2,16-6-8-18(31-3)9-7-16)19-15-32-22(27-19)28-21(30)25-12-4-5-20(29)26-17-10-13-24-14-11-17/h6-9,15,17,24H,4-5,10-14H2,1-3H3,(H,26,29)(H2,25,27,28,30). The van der Waals surface area contributed by atoms with E-state index in [0.29, 0.717) is 24.5 Å². The van der Waals surface area contributed by atoms with E-state index in [-0.39, 0.29) is 23.4 Å². The molecule has 1 aliphatic rings. The van der Waals surface area contributed by atoms with Gasteiger partial charge in [-0.25, -0.2) is 9.78 Å². The number of nitrogens with one attached hydrogen (secondary N) is 4. The molecule has 174 valence electrons. The van der Waals surface area contributed by atoms with Crippen molar-refractivity contribution in [2.75, 3.05) is 32.1 Å². The van der Waals surface area contributed by atoms with Gasteiger partial charge in [-0.15, -0.1) is 11.3 Å². The number of thiazole rings is 1. The molecule has 3 amide bonds. The van der Waals surface area contributed by atoms with Crippen LogP contribution in [0.25, 0.3) is 0 Å². The van der Waals surface area contributed by atoms with Crippen molar-refractivity contribution in [3.63, 3.8) is 0 Å². The van der Waals surface area contributed by atoms with E-state index in [0.717, 1.165) is 42.9 Å². The third-order valence-corrected chi connectivity index (χ3v) is 6.50. The third-order valence-electron chi connectivity index (χ3n) is 5.75. The average Bonchev–Trinajstić information content (AvgIpc) is 3.27. The molecule has 0 atom stereocenters. The van der Waals surface area contributed by atoms with Crippen LogP contribution >= 0.6 is 11.3 Å². The van der Waals surface area contributed by atoms with Gasteiger partial charge in [0.2, 0.25) is 5.91 Å². The summed E-state index contributed by atoms with van der Waals surface area (Å²) in [5.74, 6) is 0.857. The molecule has 0 aliphatic carbocycles. The number of carbonyl (C=O) groups excluding carboxylic acids is 2. The minimum absolute atomic E-state index is 0.0458. The fourth-order valence-electron chi connectivity index (χ4n) is 3.63. The molecule has 32 heavy (non-hydrogen) atoms. The number of benzene rings is 1. The molecule has 0 radical (unpaired) electrons. The van der Waals surface area contributed by atoms with Gasteiger partial charge >= 0.3 is 6.03 Å². The number of nitrogens with zero attached hydrogens (tertiary/aromatic N) is 1. The van der Waals surface area contributed by atoms with Crippen molar-refractivity contribution < 1.29 is 14.3 Å². The van der Waals surface area contributed by atoms with Crippen LogP contribution in [0.5, 0.6) is 5.75 Å². The van der Waals surface area contributed by atoms with Crippen LogP contribution in [0.15, 0.2) is 29.6 Å². The molecule has 9 heteroatoms. The summed E-state index contributed by atoms with van der Waals surface area (Å²) >= 11 is 1.39. The number of hydrogen-bond acceptors (Lipinski definition) is 6. The van der Waals surface area contributed by atoms with Gasteiger partial charge in [0, 0.05) is 29.8 Å². The normalized spacial score (nSPS) is 14.6. The lowest BCUT2D eigenvalue weighted by Gasteiger charge is -2.23. The molecule has 0 unspecified atom stereocenters. The van der Waals surface area contributed by atoms with Gasteiger partial charge in [-0.3, -0.25) is 10.1 Å². The van der Waals surface area contributed by atoms with E-state index in [4.69, 9.17) is 4.74 Å². The molecule has 8 nitrogen and oxygen atoms in total. The maximum Gasteiger partial charge on any atom is 0.321 e. The molecule has 3 rings (SSSR count). The van der Waals surface area contributed by atoms with E-state index in [1.165, 1.54) is 11.3 Å². The SMILES string of the molecule is COc1ccc(C(C)(C)c2csc(NC(=O)NCCCC(=O)NC3CCNCC3)n2)cc1. The molecule has 0 spiro atoms. The molecule has 1 aromatic carbocycles. The van der Waals surface area contributed by atoms with Crippen LogP contribution in [0.2, 0.25) is 0 Å². The highest BCUT2D eigenvalue weighted by molar-refractivity contribution is 7.13. The number of methoxy groups -OCH3 is 1. The fourth-order valence-corrected chi connectivity index (χ4v) is 4.51. The smallest absolute Gasteiger partial charge is 0.321 e. The Balaban J connectivity index is 1.41. The molecular formula is C23H33N5O3S. The van der Waals surface area contributed by atoms with Crippen LogP contribution in [0.4, 0.5) is 9.93 Å². The van der Waals surface area contributed by atoms with Gasteiger partial charge in [-0.1, -0.05) is 26.0 Å². The number of rotatable bonds is 9. The summed E-state index contributed by atoms with van der Waals surface area (Å²) in [4.78, 5) is 28.8. The number of carbonyl (C=O) groups is 2. The molecule has 1 saturated heterocycles. The summed E-state index contributed by atoms with van der Waals surface area (Å²) in [5.41, 5.74) is 1.70. The Morgan fingerprint density at radius 3 is 2.62 bits per heavy atom. The predicted molar refractivity (Wildman–Crippen MR) is 128 cm³/mol. The molecule has 4 N–H and O–H groups in total. The largest absolute Gasteiger partial charge is 0.497 e. The molecule has 0 bridgehead atoms. The lowest BCUT2D eigenvalue weighted by atomic mass is 9.82. The fraction of sp³-hybridized carbons (Fsp3) is 0.522. The summed E-state index contributed by atoms with van der Waals surface area (Å²) in [6, 6.07) is 7.87. The first-order valence-corrected chi connectivity index (χ1v) is 11.9. The Bertz CT molecular complexity index is 891. The van der Waals surface area contributed by atoms with Crippen LogP contribution in [-0.4, -0.2) is 49.7 Å². The molecular weight excluding hydrogens is 426 g/mol. The van der Waals surface area contributed by atoms with Gasteiger partial charge in [0.1, 0.15) is 5.75 Å². The quantitative estimate of drug-likeness (QED) is 0.431. The van der Waals surface area contributed by atoms with E-state index in [1.54, 1.807) is 7.11 Å². The van der Waals surface area contributed by atoms with Crippen LogP contribution in [0.1, 0.15) is 50.8 Å². The van der Waals surface area contributed by atoms with Crippen molar-refractivity contribution in [3.8, 4) is 5.75 Å². The second-order valence-corrected chi connectivity index (χ2v) is 9.33. The van der Waals surface area contributed by atoms with Crippen LogP contribution < -0.4 is 26.0 Å². The molecule has 1 aliphatic heterocycles. The summed E-state index contributed by atoms with van der Waals surface area (Å²) in [6.07, 6.45) is 2.94. The Morgan fingerprint density at radius 2 is 1.94 bits per heavy atom. The molecule has 2 aromatic rings. The van der Waals surface area contributed by atoms with Crippen molar-refractivity contribution >= 4 is 28.4 Å². The number of urea groups is 1. The minimum atomic E-state index is -0.313. The zero-order valence-corrected chi connectivity index (χ0v) is 19.8. The maximum atomic E-state index is 12.2. The van der Waals surface area contributed by atoms with Gasteiger partial charge in [-0.05, 0) is 50.0 Å². The van der Waals surface area contributed by atoms with E-state index in [1.807, 2.05) is 29.6 Å². The van der Waals surface area contributed by atoms with Gasteiger partial charge in [-0.2, -0.15) is 0 Å². The molecule has 1 aromatic heterocycles.